The van der Waals surface area contributed by atoms with E-state index in [-0.39, 0.29) is 0 Å². The molecule has 1 aliphatic heterocycles. The Bertz CT molecular complexity index is 639. The first-order valence-corrected chi connectivity index (χ1v) is 9.58. The molecule has 1 atom stereocenters. The molecule has 3 nitrogen and oxygen atoms in total. The van der Waals surface area contributed by atoms with Crippen LogP contribution in [0.4, 0.5) is 0 Å². The van der Waals surface area contributed by atoms with Crippen LogP contribution < -0.4 is 10.6 Å². The van der Waals surface area contributed by atoms with Gasteiger partial charge in [0.05, 0.1) is 6.04 Å². The molecule has 4 heteroatoms. The summed E-state index contributed by atoms with van der Waals surface area (Å²) in [6.07, 6.45) is 3.57. The maximum absolute atomic E-state index is 5.47. The predicted octanol–water partition coefficient (Wildman–Crippen LogP) is 3.53. The molecule has 3 rings (SSSR count). The fourth-order valence-electron chi connectivity index (χ4n) is 3.40. The summed E-state index contributed by atoms with van der Waals surface area (Å²) >= 11 is 5.47. The third kappa shape index (κ3) is 5.55. The Hall–Kier alpha value is -1.91. The van der Waals surface area contributed by atoms with Gasteiger partial charge < -0.3 is 10.6 Å². The number of thiocarbonyl (C=S) groups is 1. The van der Waals surface area contributed by atoms with Gasteiger partial charge in [-0.25, -0.2) is 0 Å². The summed E-state index contributed by atoms with van der Waals surface area (Å²) in [6.45, 7) is 4.06. The van der Waals surface area contributed by atoms with Gasteiger partial charge >= 0.3 is 0 Å². The molecule has 25 heavy (non-hydrogen) atoms. The Morgan fingerprint density at radius 1 is 0.920 bits per heavy atom. The van der Waals surface area contributed by atoms with Crippen molar-refractivity contribution in [2.24, 2.45) is 0 Å². The van der Waals surface area contributed by atoms with Crippen LogP contribution >= 0.6 is 12.2 Å². The van der Waals surface area contributed by atoms with Crippen molar-refractivity contribution in [3.05, 3.63) is 71.8 Å². The lowest BCUT2D eigenvalue weighted by Gasteiger charge is -2.28. The highest BCUT2D eigenvalue weighted by molar-refractivity contribution is 7.80. The average molecular weight is 354 g/mol. The third-order valence-corrected chi connectivity index (χ3v) is 5.05. The van der Waals surface area contributed by atoms with E-state index in [0.717, 1.165) is 24.6 Å². The lowest BCUT2D eigenvalue weighted by Crippen LogP contribution is -2.42. The topological polar surface area (TPSA) is 27.3 Å². The van der Waals surface area contributed by atoms with Gasteiger partial charge in [-0.3, -0.25) is 4.90 Å². The second-order valence-electron chi connectivity index (χ2n) is 6.54. The molecule has 1 heterocycles. The van der Waals surface area contributed by atoms with Crippen LogP contribution in [0.1, 0.15) is 30.0 Å². The van der Waals surface area contributed by atoms with Gasteiger partial charge in [0.2, 0.25) is 0 Å². The summed E-state index contributed by atoms with van der Waals surface area (Å²) in [4.78, 5) is 2.56. The smallest absolute Gasteiger partial charge is 0.166 e. The number of nitrogens with one attached hydrogen (secondary N) is 2. The minimum absolute atomic E-state index is 0.387. The van der Waals surface area contributed by atoms with E-state index in [9.17, 15) is 0 Å². The molecule has 1 saturated heterocycles. The van der Waals surface area contributed by atoms with Crippen LogP contribution in [-0.4, -0.2) is 36.2 Å². The summed E-state index contributed by atoms with van der Waals surface area (Å²) in [6, 6.07) is 21.6. The number of rotatable bonds is 7. The van der Waals surface area contributed by atoms with E-state index >= 15 is 0 Å². The van der Waals surface area contributed by atoms with E-state index in [4.69, 9.17) is 12.2 Å². The van der Waals surface area contributed by atoms with Crippen LogP contribution in [0.25, 0.3) is 0 Å². The first-order valence-electron chi connectivity index (χ1n) is 9.17. The summed E-state index contributed by atoms with van der Waals surface area (Å²) in [5.74, 6) is 0. The largest absolute Gasteiger partial charge is 0.362 e. The van der Waals surface area contributed by atoms with Crippen molar-refractivity contribution in [2.45, 2.75) is 25.3 Å². The van der Waals surface area contributed by atoms with Crippen molar-refractivity contribution in [2.75, 3.05) is 26.2 Å². The monoisotopic (exact) mass is 353 g/mol. The van der Waals surface area contributed by atoms with E-state index in [0.29, 0.717) is 6.04 Å². The van der Waals surface area contributed by atoms with Gasteiger partial charge in [0.1, 0.15) is 0 Å². The molecule has 0 aliphatic carbocycles. The van der Waals surface area contributed by atoms with E-state index in [1.165, 1.54) is 37.1 Å². The standard InChI is InChI=1S/C21H27N3S/c25-21(22-14-13-18-9-3-1-4-10-18)23-17-20(24-15-7-8-16-24)19-11-5-2-6-12-19/h1-6,9-12,20H,7-8,13-17H2,(H2,22,23,25)/t20-/m1/s1. The van der Waals surface area contributed by atoms with Crippen LogP contribution in [0.5, 0.6) is 0 Å². The Labute approximate surface area is 156 Å². The maximum atomic E-state index is 5.47. The summed E-state index contributed by atoms with van der Waals surface area (Å²) in [5, 5.41) is 7.50. The zero-order valence-electron chi connectivity index (χ0n) is 14.7. The van der Waals surface area contributed by atoms with Gasteiger partial charge in [0.15, 0.2) is 5.11 Å². The minimum Gasteiger partial charge on any atom is -0.362 e. The molecule has 2 aromatic carbocycles. The molecule has 0 unspecified atom stereocenters. The van der Waals surface area contributed by atoms with Crippen LogP contribution in [0.2, 0.25) is 0 Å². The molecule has 0 bridgehead atoms. The second kappa shape index (κ2) is 9.54. The molecular weight excluding hydrogens is 326 g/mol. The van der Waals surface area contributed by atoms with E-state index < -0.39 is 0 Å². The molecule has 1 aliphatic rings. The van der Waals surface area contributed by atoms with Gasteiger partial charge in [-0.2, -0.15) is 0 Å². The zero-order chi connectivity index (χ0) is 17.3. The summed E-state index contributed by atoms with van der Waals surface area (Å²) in [7, 11) is 0. The lowest BCUT2D eigenvalue weighted by molar-refractivity contribution is 0.245. The van der Waals surface area contributed by atoms with Gasteiger partial charge in [0.25, 0.3) is 0 Å². The molecule has 0 aromatic heterocycles. The van der Waals surface area contributed by atoms with Gasteiger partial charge in [-0.1, -0.05) is 60.7 Å². The maximum Gasteiger partial charge on any atom is 0.166 e. The van der Waals surface area contributed by atoms with E-state index in [2.05, 4.69) is 70.1 Å². The number of benzene rings is 2. The molecule has 0 spiro atoms. The molecule has 132 valence electrons. The average Bonchev–Trinajstić information content (AvgIpc) is 3.18. The Balaban J connectivity index is 1.48. The highest BCUT2D eigenvalue weighted by Crippen LogP contribution is 2.24. The van der Waals surface area contributed by atoms with Gasteiger partial charge in [-0.15, -0.1) is 0 Å². The fraction of sp³-hybridized carbons (Fsp3) is 0.381. The Kier molecular flexibility index (Phi) is 6.83. The van der Waals surface area contributed by atoms with Crippen molar-refractivity contribution in [3.8, 4) is 0 Å². The SMILES string of the molecule is S=C(NCCc1ccccc1)NC[C@H](c1ccccc1)N1CCCC1. The molecule has 1 fully saturated rings. The molecule has 0 amide bonds. The normalized spacial score (nSPS) is 15.7. The Morgan fingerprint density at radius 3 is 2.24 bits per heavy atom. The van der Waals surface area contributed by atoms with Gasteiger partial charge in [-0.05, 0) is 55.7 Å². The van der Waals surface area contributed by atoms with E-state index in [1.807, 2.05) is 6.07 Å². The van der Waals surface area contributed by atoms with Crippen molar-refractivity contribution in [1.29, 1.82) is 0 Å². The molecular formula is C21H27N3S. The van der Waals surface area contributed by atoms with Crippen LogP contribution in [0.15, 0.2) is 60.7 Å². The third-order valence-electron chi connectivity index (χ3n) is 4.76. The zero-order valence-corrected chi connectivity index (χ0v) is 15.5. The van der Waals surface area contributed by atoms with Crippen LogP contribution in [0.3, 0.4) is 0 Å². The summed E-state index contributed by atoms with van der Waals surface area (Å²) in [5.41, 5.74) is 2.70. The fourth-order valence-corrected chi connectivity index (χ4v) is 3.59. The number of likely N-dealkylation sites (tertiary alicyclic amines) is 1. The lowest BCUT2D eigenvalue weighted by atomic mass is 10.1. The first-order chi connectivity index (χ1) is 12.3. The van der Waals surface area contributed by atoms with Crippen molar-refractivity contribution in [3.63, 3.8) is 0 Å². The summed E-state index contributed by atoms with van der Waals surface area (Å²) < 4.78 is 0. The van der Waals surface area contributed by atoms with E-state index in [1.54, 1.807) is 0 Å². The van der Waals surface area contributed by atoms with Crippen LogP contribution in [0, 0.1) is 0 Å². The number of hydrogen-bond donors (Lipinski definition) is 2. The van der Waals surface area contributed by atoms with Crippen molar-refractivity contribution < 1.29 is 0 Å². The number of nitrogens with zero attached hydrogens (tertiary/aromatic N) is 1. The minimum atomic E-state index is 0.387. The number of hydrogen-bond acceptors (Lipinski definition) is 2. The molecule has 2 aromatic rings. The van der Waals surface area contributed by atoms with Crippen molar-refractivity contribution >= 4 is 17.3 Å². The predicted molar refractivity (Wildman–Crippen MR) is 109 cm³/mol. The highest BCUT2D eigenvalue weighted by Gasteiger charge is 2.23. The molecule has 0 radical (unpaired) electrons. The first kappa shape index (κ1) is 17.9. The second-order valence-corrected chi connectivity index (χ2v) is 6.95. The molecule has 2 N–H and O–H groups in total. The van der Waals surface area contributed by atoms with Crippen LogP contribution in [-0.2, 0) is 6.42 Å². The van der Waals surface area contributed by atoms with Gasteiger partial charge in [0, 0.05) is 13.1 Å². The Morgan fingerprint density at radius 2 is 1.56 bits per heavy atom. The highest BCUT2D eigenvalue weighted by atomic mass is 32.1. The molecule has 0 saturated carbocycles. The quantitative estimate of drug-likeness (QED) is 0.745. The van der Waals surface area contributed by atoms with Crippen molar-refractivity contribution in [1.82, 2.24) is 15.5 Å².